The summed E-state index contributed by atoms with van der Waals surface area (Å²) in [6.07, 6.45) is 8.26. The summed E-state index contributed by atoms with van der Waals surface area (Å²) in [5.74, 6) is 0.526. The van der Waals surface area contributed by atoms with Gasteiger partial charge in [-0.3, -0.25) is 9.80 Å². The molecular formula is C29H36N4O3S. The third kappa shape index (κ3) is 4.42. The standard InChI is InChI=1S/C29H36N4O3S/c1-31(2)29(24-10-5-4-6-11-24)16-14-28(15-17-29)21-32(27(34)33(28)20-22-8-7-9-22)26-13-12-25(37(3,35)36)18-23(26)19-30/h4-6,10-13,18,22H,7-9,14-17,20-21H2,1-3H3/t28-,29+. The van der Waals surface area contributed by atoms with Gasteiger partial charge in [-0.25, -0.2) is 13.2 Å². The van der Waals surface area contributed by atoms with Gasteiger partial charge in [0.1, 0.15) is 6.07 Å². The minimum Gasteiger partial charge on any atom is -0.317 e. The topological polar surface area (TPSA) is 84.7 Å². The van der Waals surface area contributed by atoms with Crippen molar-refractivity contribution in [3.63, 3.8) is 0 Å². The lowest BCUT2D eigenvalue weighted by atomic mass is 9.68. The Labute approximate surface area is 220 Å². The van der Waals surface area contributed by atoms with E-state index in [1.807, 2.05) is 6.07 Å². The number of amides is 2. The molecular weight excluding hydrogens is 484 g/mol. The van der Waals surface area contributed by atoms with Gasteiger partial charge in [-0.1, -0.05) is 36.8 Å². The van der Waals surface area contributed by atoms with Crippen LogP contribution in [0.3, 0.4) is 0 Å². The van der Waals surface area contributed by atoms with Crippen LogP contribution in [0.15, 0.2) is 53.4 Å². The van der Waals surface area contributed by atoms with E-state index >= 15 is 0 Å². The number of hydrogen-bond donors (Lipinski definition) is 0. The zero-order chi connectivity index (χ0) is 26.4. The van der Waals surface area contributed by atoms with Crippen molar-refractivity contribution in [3.8, 4) is 6.07 Å². The van der Waals surface area contributed by atoms with Gasteiger partial charge in [0.25, 0.3) is 0 Å². The molecule has 0 aromatic heterocycles. The molecule has 0 radical (unpaired) electrons. The highest BCUT2D eigenvalue weighted by molar-refractivity contribution is 7.90. The SMILES string of the molecule is CN(C)[C@]1(c2ccccc2)CC[C@]2(CC1)CN(c1ccc(S(C)(=O)=O)cc1C#N)C(=O)N2CC1CCC1. The van der Waals surface area contributed by atoms with Crippen molar-refractivity contribution in [2.24, 2.45) is 5.92 Å². The summed E-state index contributed by atoms with van der Waals surface area (Å²) in [7, 11) is 0.833. The number of sulfone groups is 1. The van der Waals surface area contributed by atoms with Gasteiger partial charge >= 0.3 is 6.03 Å². The number of benzene rings is 2. The van der Waals surface area contributed by atoms with Crippen LogP contribution >= 0.6 is 0 Å². The number of nitrogens with zero attached hydrogens (tertiary/aromatic N) is 4. The second-order valence-corrected chi connectivity index (χ2v) is 13.4. The summed E-state index contributed by atoms with van der Waals surface area (Å²) >= 11 is 0. The lowest BCUT2D eigenvalue weighted by molar-refractivity contribution is 0.0172. The number of rotatable bonds is 6. The largest absolute Gasteiger partial charge is 0.325 e. The molecule has 1 saturated heterocycles. The summed E-state index contributed by atoms with van der Waals surface area (Å²) in [6, 6.07) is 17.3. The van der Waals surface area contributed by atoms with E-state index < -0.39 is 9.84 Å². The summed E-state index contributed by atoms with van der Waals surface area (Å²) in [6.45, 7) is 1.27. The van der Waals surface area contributed by atoms with E-state index in [0.29, 0.717) is 18.2 Å². The highest BCUT2D eigenvalue weighted by atomic mass is 32.2. The van der Waals surface area contributed by atoms with E-state index in [9.17, 15) is 18.5 Å². The molecule has 37 heavy (non-hydrogen) atoms. The van der Waals surface area contributed by atoms with Crippen molar-refractivity contribution in [3.05, 3.63) is 59.7 Å². The molecule has 7 nitrogen and oxygen atoms in total. The molecule has 2 amide bonds. The lowest BCUT2D eigenvalue weighted by Gasteiger charge is -2.51. The Balaban J connectivity index is 1.49. The average Bonchev–Trinajstić information content (AvgIpc) is 3.12. The Bertz CT molecular complexity index is 1320. The monoisotopic (exact) mass is 520 g/mol. The summed E-state index contributed by atoms with van der Waals surface area (Å²) in [5, 5.41) is 9.87. The van der Waals surface area contributed by atoms with Gasteiger partial charge in [-0.2, -0.15) is 5.26 Å². The Kier molecular flexibility index (Phi) is 6.57. The maximum Gasteiger partial charge on any atom is 0.325 e. The second-order valence-electron chi connectivity index (χ2n) is 11.4. The zero-order valence-corrected chi connectivity index (χ0v) is 22.8. The number of urea groups is 1. The Morgan fingerprint density at radius 1 is 1.05 bits per heavy atom. The van der Waals surface area contributed by atoms with Crippen LogP contribution in [-0.4, -0.2) is 63.2 Å². The van der Waals surface area contributed by atoms with Gasteiger partial charge in [0.15, 0.2) is 9.84 Å². The van der Waals surface area contributed by atoms with Gasteiger partial charge in [0, 0.05) is 18.3 Å². The molecule has 2 aromatic carbocycles. The molecule has 0 bridgehead atoms. The number of carbonyl (C=O) groups excluding carboxylic acids is 1. The number of anilines is 1. The van der Waals surface area contributed by atoms with Crippen LogP contribution in [0.5, 0.6) is 0 Å². The third-order valence-corrected chi connectivity index (χ3v) is 10.2. The smallest absolute Gasteiger partial charge is 0.317 e. The van der Waals surface area contributed by atoms with Gasteiger partial charge in [0.05, 0.1) is 28.2 Å². The van der Waals surface area contributed by atoms with Crippen LogP contribution < -0.4 is 4.90 Å². The van der Waals surface area contributed by atoms with E-state index in [-0.39, 0.29) is 27.6 Å². The normalized spacial score (nSPS) is 26.5. The molecule has 196 valence electrons. The maximum atomic E-state index is 14.0. The van der Waals surface area contributed by atoms with Crippen LogP contribution in [0.2, 0.25) is 0 Å². The molecule has 5 rings (SSSR count). The molecule has 2 saturated carbocycles. The van der Waals surface area contributed by atoms with Crippen molar-refractivity contribution in [2.45, 2.75) is 60.9 Å². The number of carbonyl (C=O) groups is 1. The number of nitriles is 1. The van der Waals surface area contributed by atoms with Crippen LogP contribution in [0.1, 0.15) is 56.1 Å². The molecule has 2 aliphatic carbocycles. The van der Waals surface area contributed by atoms with E-state index in [4.69, 9.17) is 0 Å². The molecule has 3 fully saturated rings. The highest BCUT2D eigenvalue weighted by Crippen LogP contribution is 2.50. The summed E-state index contributed by atoms with van der Waals surface area (Å²) in [5.41, 5.74) is 1.65. The van der Waals surface area contributed by atoms with Crippen LogP contribution in [0.25, 0.3) is 0 Å². The van der Waals surface area contributed by atoms with E-state index in [2.05, 4.69) is 54.2 Å². The lowest BCUT2D eigenvalue weighted by Crippen LogP contribution is -2.56. The third-order valence-electron chi connectivity index (χ3n) is 9.13. The molecule has 1 aliphatic heterocycles. The van der Waals surface area contributed by atoms with E-state index in [1.165, 1.54) is 24.1 Å². The predicted molar refractivity (Wildman–Crippen MR) is 144 cm³/mol. The molecule has 0 atom stereocenters. The van der Waals surface area contributed by atoms with E-state index in [0.717, 1.165) is 51.3 Å². The van der Waals surface area contributed by atoms with Crippen molar-refractivity contribution < 1.29 is 13.2 Å². The van der Waals surface area contributed by atoms with Gasteiger partial charge < -0.3 is 4.90 Å². The maximum absolute atomic E-state index is 14.0. The van der Waals surface area contributed by atoms with Gasteiger partial charge in [-0.15, -0.1) is 0 Å². The Morgan fingerprint density at radius 2 is 1.73 bits per heavy atom. The van der Waals surface area contributed by atoms with Gasteiger partial charge in [0.2, 0.25) is 0 Å². The second kappa shape index (κ2) is 9.45. The first kappa shape index (κ1) is 25.7. The molecule has 0 unspecified atom stereocenters. The van der Waals surface area contributed by atoms with Crippen LogP contribution in [0.4, 0.5) is 10.5 Å². The molecule has 1 heterocycles. The van der Waals surface area contributed by atoms with Crippen molar-refractivity contribution in [1.82, 2.24) is 9.80 Å². The van der Waals surface area contributed by atoms with Crippen LogP contribution in [-0.2, 0) is 15.4 Å². The van der Waals surface area contributed by atoms with Crippen molar-refractivity contribution in [1.29, 1.82) is 5.26 Å². The minimum absolute atomic E-state index is 0.0624. The molecule has 3 aliphatic rings. The highest BCUT2D eigenvalue weighted by Gasteiger charge is 2.55. The zero-order valence-electron chi connectivity index (χ0n) is 22.0. The summed E-state index contributed by atoms with van der Waals surface area (Å²) in [4.78, 5) is 20.2. The molecule has 2 aromatic rings. The molecule has 8 heteroatoms. The fourth-order valence-electron chi connectivity index (χ4n) is 6.56. The Hall–Kier alpha value is -2.89. The molecule has 0 N–H and O–H groups in total. The first-order valence-corrected chi connectivity index (χ1v) is 15.1. The average molecular weight is 521 g/mol. The van der Waals surface area contributed by atoms with Gasteiger partial charge in [-0.05, 0) is 82.3 Å². The summed E-state index contributed by atoms with van der Waals surface area (Å²) < 4.78 is 24.2. The van der Waals surface area contributed by atoms with Crippen molar-refractivity contribution >= 4 is 21.6 Å². The first-order chi connectivity index (χ1) is 17.6. The Morgan fingerprint density at radius 3 is 2.27 bits per heavy atom. The predicted octanol–water partition coefficient (Wildman–Crippen LogP) is 4.77. The fraction of sp³-hybridized carbons (Fsp3) is 0.517. The van der Waals surface area contributed by atoms with Crippen molar-refractivity contribution in [2.75, 3.05) is 38.3 Å². The number of hydrogen-bond acceptors (Lipinski definition) is 5. The fourth-order valence-corrected chi connectivity index (χ4v) is 7.21. The van der Waals surface area contributed by atoms with Crippen LogP contribution in [0, 0.1) is 17.2 Å². The molecule has 1 spiro atoms. The van der Waals surface area contributed by atoms with E-state index in [1.54, 1.807) is 11.0 Å². The minimum atomic E-state index is -3.46. The quantitative estimate of drug-likeness (QED) is 0.548. The first-order valence-electron chi connectivity index (χ1n) is 13.2.